The minimum atomic E-state index is 0.234. The standard InChI is InChI=1S/C12H21NOS/c1-12(2,3)10-8-11(14)13(9-10)6-4-5-7-15/h4-5,10,15H,6-9H2,1-3H3/b5-4+. The van der Waals surface area contributed by atoms with Crippen LogP contribution in [-0.2, 0) is 4.79 Å². The highest BCUT2D eigenvalue weighted by molar-refractivity contribution is 7.80. The summed E-state index contributed by atoms with van der Waals surface area (Å²) in [6.45, 7) is 8.26. The Morgan fingerprint density at radius 1 is 1.47 bits per heavy atom. The highest BCUT2D eigenvalue weighted by Crippen LogP contribution is 2.33. The maximum Gasteiger partial charge on any atom is 0.223 e. The first-order valence-electron chi connectivity index (χ1n) is 5.48. The number of amides is 1. The van der Waals surface area contributed by atoms with Crippen LogP contribution >= 0.6 is 12.6 Å². The fraction of sp³-hybridized carbons (Fsp3) is 0.750. The highest BCUT2D eigenvalue weighted by Gasteiger charge is 2.35. The van der Waals surface area contributed by atoms with Gasteiger partial charge in [-0.3, -0.25) is 4.79 Å². The molecule has 0 spiro atoms. The second-order valence-electron chi connectivity index (χ2n) is 5.22. The predicted octanol–water partition coefficient (Wildman–Crippen LogP) is 2.37. The van der Waals surface area contributed by atoms with Gasteiger partial charge in [0.15, 0.2) is 0 Å². The zero-order valence-corrected chi connectivity index (χ0v) is 10.8. The first-order valence-corrected chi connectivity index (χ1v) is 6.12. The summed E-state index contributed by atoms with van der Waals surface area (Å²) in [5.74, 6) is 1.53. The molecule has 1 aliphatic rings. The third-order valence-electron chi connectivity index (χ3n) is 3.04. The van der Waals surface area contributed by atoms with Crippen molar-refractivity contribution in [2.24, 2.45) is 11.3 Å². The van der Waals surface area contributed by atoms with Crippen LogP contribution in [0.1, 0.15) is 27.2 Å². The van der Waals surface area contributed by atoms with E-state index in [1.165, 1.54) is 0 Å². The average Bonchev–Trinajstić information content (AvgIpc) is 2.48. The van der Waals surface area contributed by atoms with Crippen LogP contribution in [0.25, 0.3) is 0 Å². The molecule has 0 aromatic heterocycles. The number of carbonyl (C=O) groups is 1. The molecule has 15 heavy (non-hydrogen) atoms. The van der Waals surface area contributed by atoms with Crippen LogP contribution in [0.4, 0.5) is 0 Å². The normalized spacial score (nSPS) is 23.1. The maximum atomic E-state index is 11.7. The van der Waals surface area contributed by atoms with E-state index in [0.717, 1.165) is 18.8 Å². The zero-order chi connectivity index (χ0) is 11.5. The molecule has 86 valence electrons. The molecule has 0 N–H and O–H groups in total. The summed E-state index contributed by atoms with van der Waals surface area (Å²) < 4.78 is 0. The van der Waals surface area contributed by atoms with Gasteiger partial charge in [-0.15, -0.1) is 0 Å². The summed E-state index contributed by atoms with van der Waals surface area (Å²) in [6.07, 6.45) is 4.72. The summed E-state index contributed by atoms with van der Waals surface area (Å²) in [4.78, 5) is 13.6. The van der Waals surface area contributed by atoms with Crippen LogP contribution in [0.3, 0.4) is 0 Å². The predicted molar refractivity (Wildman–Crippen MR) is 67.1 cm³/mol. The molecule has 1 aliphatic heterocycles. The summed E-state index contributed by atoms with van der Waals surface area (Å²) >= 11 is 4.09. The molecule has 2 nitrogen and oxygen atoms in total. The number of hydrogen-bond donors (Lipinski definition) is 1. The number of nitrogens with zero attached hydrogens (tertiary/aromatic N) is 1. The number of thiol groups is 1. The van der Waals surface area contributed by atoms with Crippen molar-refractivity contribution in [1.29, 1.82) is 0 Å². The van der Waals surface area contributed by atoms with E-state index in [1.54, 1.807) is 0 Å². The molecular formula is C12H21NOS. The van der Waals surface area contributed by atoms with E-state index >= 15 is 0 Å². The third kappa shape index (κ3) is 3.56. The Bertz CT molecular complexity index is 255. The van der Waals surface area contributed by atoms with E-state index in [9.17, 15) is 4.79 Å². The van der Waals surface area contributed by atoms with E-state index in [2.05, 4.69) is 33.4 Å². The minimum absolute atomic E-state index is 0.234. The van der Waals surface area contributed by atoms with Gasteiger partial charge < -0.3 is 4.90 Å². The van der Waals surface area contributed by atoms with Crippen molar-refractivity contribution in [1.82, 2.24) is 4.90 Å². The molecule has 1 saturated heterocycles. The maximum absolute atomic E-state index is 11.7. The van der Waals surface area contributed by atoms with Gasteiger partial charge in [0.05, 0.1) is 0 Å². The number of likely N-dealkylation sites (tertiary alicyclic amines) is 1. The molecule has 1 rings (SSSR count). The lowest BCUT2D eigenvalue weighted by atomic mass is 9.80. The Hall–Kier alpha value is -0.440. The Morgan fingerprint density at radius 2 is 2.13 bits per heavy atom. The lowest BCUT2D eigenvalue weighted by Crippen LogP contribution is -2.27. The van der Waals surface area contributed by atoms with Gasteiger partial charge in [0, 0.05) is 25.3 Å². The molecule has 3 heteroatoms. The van der Waals surface area contributed by atoms with E-state index in [-0.39, 0.29) is 5.41 Å². The molecule has 0 bridgehead atoms. The van der Waals surface area contributed by atoms with Crippen LogP contribution in [0, 0.1) is 11.3 Å². The Balaban J connectivity index is 2.50. The van der Waals surface area contributed by atoms with Gasteiger partial charge in [0.25, 0.3) is 0 Å². The van der Waals surface area contributed by atoms with Crippen LogP contribution < -0.4 is 0 Å². The fourth-order valence-electron chi connectivity index (χ4n) is 1.80. The molecule has 1 unspecified atom stereocenters. The average molecular weight is 227 g/mol. The van der Waals surface area contributed by atoms with Crippen molar-refractivity contribution in [3.8, 4) is 0 Å². The van der Waals surface area contributed by atoms with Crippen molar-refractivity contribution in [2.45, 2.75) is 27.2 Å². The van der Waals surface area contributed by atoms with Crippen molar-refractivity contribution >= 4 is 18.5 Å². The summed E-state index contributed by atoms with van der Waals surface area (Å²) in [6, 6.07) is 0. The van der Waals surface area contributed by atoms with Crippen LogP contribution in [0.2, 0.25) is 0 Å². The lowest BCUT2D eigenvalue weighted by molar-refractivity contribution is -0.127. The number of rotatable bonds is 3. The number of carbonyl (C=O) groups excluding carboxylic acids is 1. The van der Waals surface area contributed by atoms with E-state index < -0.39 is 0 Å². The first kappa shape index (κ1) is 12.6. The van der Waals surface area contributed by atoms with Crippen LogP contribution in [-0.4, -0.2) is 29.6 Å². The smallest absolute Gasteiger partial charge is 0.223 e. The fourth-order valence-corrected chi connectivity index (χ4v) is 1.95. The Kier molecular flexibility index (Phi) is 4.26. The molecule has 1 atom stereocenters. The zero-order valence-electron chi connectivity index (χ0n) is 9.86. The Morgan fingerprint density at radius 3 is 2.60 bits per heavy atom. The van der Waals surface area contributed by atoms with E-state index in [0.29, 0.717) is 18.2 Å². The van der Waals surface area contributed by atoms with Gasteiger partial charge in [0.1, 0.15) is 0 Å². The number of hydrogen-bond acceptors (Lipinski definition) is 2. The third-order valence-corrected chi connectivity index (χ3v) is 3.25. The van der Waals surface area contributed by atoms with Gasteiger partial charge in [0.2, 0.25) is 5.91 Å². The first-order chi connectivity index (χ1) is 6.95. The van der Waals surface area contributed by atoms with Gasteiger partial charge in [-0.1, -0.05) is 32.9 Å². The van der Waals surface area contributed by atoms with Crippen molar-refractivity contribution in [3.05, 3.63) is 12.2 Å². The Labute approximate surface area is 98.1 Å². The highest BCUT2D eigenvalue weighted by atomic mass is 32.1. The molecule has 1 heterocycles. The summed E-state index contributed by atoms with van der Waals surface area (Å²) in [5, 5.41) is 0. The van der Waals surface area contributed by atoms with E-state index in [4.69, 9.17) is 0 Å². The molecular weight excluding hydrogens is 206 g/mol. The molecule has 1 fully saturated rings. The van der Waals surface area contributed by atoms with Crippen LogP contribution in [0.15, 0.2) is 12.2 Å². The lowest BCUT2D eigenvalue weighted by Gasteiger charge is -2.26. The molecule has 0 aromatic carbocycles. The molecule has 0 aliphatic carbocycles. The van der Waals surface area contributed by atoms with Gasteiger partial charge >= 0.3 is 0 Å². The SMILES string of the molecule is CC(C)(C)C1CC(=O)N(C/C=C/CS)C1. The van der Waals surface area contributed by atoms with Gasteiger partial charge in [-0.2, -0.15) is 12.6 Å². The largest absolute Gasteiger partial charge is 0.339 e. The molecule has 0 aromatic rings. The summed E-state index contributed by atoms with van der Waals surface area (Å²) in [5.41, 5.74) is 0.234. The van der Waals surface area contributed by atoms with Gasteiger partial charge in [-0.25, -0.2) is 0 Å². The van der Waals surface area contributed by atoms with Crippen molar-refractivity contribution in [3.63, 3.8) is 0 Å². The van der Waals surface area contributed by atoms with Crippen LogP contribution in [0.5, 0.6) is 0 Å². The monoisotopic (exact) mass is 227 g/mol. The molecule has 0 saturated carbocycles. The summed E-state index contributed by atoms with van der Waals surface area (Å²) in [7, 11) is 0. The second-order valence-corrected chi connectivity index (χ2v) is 5.58. The molecule has 1 amide bonds. The quantitative estimate of drug-likeness (QED) is 0.580. The topological polar surface area (TPSA) is 20.3 Å². The van der Waals surface area contributed by atoms with Crippen molar-refractivity contribution in [2.75, 3.05) is 18.8 Å². The second kappa shape index (κ2) is 5.06. The van der Waals surface area contributed by atoms with Crippen molar-refractivity contribution < 1.29 is 4.79 Å². The minimum Gasteiger partial charge on any atom is -0.339 e. The molecule has 0 radical (unpaired) electrons. The van der Waals surface area contributed by atoms with Gasteiger partial charge in [-0.05, 0) is 11.3 Å². The van der Waals surface area contributed by atoms with E-state index in [1.807, 2.05) is 17.1 Å².